The van der Waals surface area contributed by atoms with Crippen molar-refractivity contribution < 1.29 is 0 Å². The molecule has 0 aromatic rings. The molecule has 3 atom stereocenters. The third kappa shape index (κ3) is 1.75. The summed E-state index contributed by atoms with van der Waals surface area (Å²) in [4.78, 5) is 0. The second kappa shape index (κ2) is 4.24. The molecule has 3 unspecified atom stereocenters. The van der Waals surface area contributed by atoms with Gasteiger partial charge < -0.3 is 10.6 Å². The van der Waals surface area contributed by atoms with Crippen LogP contribution in [0.1, 0.15) is 33.6 Å². The maximum atomic E-state index is 3.51. The van der Waals surface area contributed by atoms with Crippen LogP contribution in [0, 0.1) is 29.6 Å². The summed E-state index contributed by atoms with van der Waals surface area (Å²) < 4.78 is 0. The Labute approximate surface area is 109 Å². The lowest BCUT2D eigenvalue weighted by Crippen LogP contribution is -2.36. The van der Waals surface area contributed by atoms with Crippen LogP contribution in [0.3, 0.4) is 0 Å². The molecule has 18 heavy (non-hydrogen) atoms. The third-order valence-corrected chi connectivity index (χ3v) is 4.26. The molecule has 0 aromatic heterocycles. The smallest absolute Gasteiger partial charge is 0.0581 e. The molecule has 2 N–H and O–H groups in total. The van der Waals surface area contributed by atoms with Crippen molar-refractivity contribution in [3.63, 3.8) is 0 Å². The molecule has 0 fully saturated rings. The molecule has 2 nitrogen and oxygen atoms in total. The highest BCUT2D eigenvalue weighted by atomic mass is 15.1. The van der Waals surface area contributed by atoms with Crippen molar-refractivity contribution in [2.45, 2.75) is 33.6 Å². The Bertz CT molecular complexity index is 525. The fourth-order valence-electron chi connectivity index (χ4n) is 3.02. The average molecular weight is 240 g/mol. The number of hydrogen-bond acceptors (Lipinski definition) is 2. The lowest BCUT2D eigenvalue weighted by molar-refractivity contribution is 0.356. The monoisotopic (exact) mass is 240 g/mol. The summed E-state index contributed by atoms with van der Waals surface area (Å²) in [5, 5.41) is 7.00. The van der Waals surface area contributed by atoms with Crippen LogP contribution in [0.4, 0.5) is 0 Å². The maximum absolute atomic E-state index is 3.51. The Morgan fingerprint density at radius 3 is 2.50 bits per heavy atom. The first-order chi connectivity index (χ1) is 8.69. The topological polar surface area (TPSA) is 24.1 Å². The zero-order chi connectivity index (χ0) is 12.7. The molecule has 3 aliphatic rings. The van der Waals surface area contributed by atoms with Gasteiger partial charge in [-0.2, -0.15) is 0 Å². The quantitative estimate of drug-likeness (QED) is 0.689. The fraction of sp³-hybridized carbons (Fsp3) is 0.500. The van der Waals surface area contributed by atoms with Crippen LogP contribution in [0.5, 0.6) is 0 Å². The highest BCUT2D eigenvalue weighted by Gasteiger charge is 2.32. The Morgan fingerprint density at radius 2 is 1.83 bits per heavy atom. The summed E-state index contributed by atoms with van der Waals surface area (Å²) >= 11 is 0. The van der Waals surface area contributed by atoms with Crippen LogP contribution in [-0.2, 0) is 0 Å². The second-order valence-electron chi connectivity index (χ2n) is 5.44. The largest absolute Gasteiger partial charge is 0.356 e. The van der Waals surface area contributed by atoms with E-state index >= 15 is 0 Å². The first kappa shape index (κ1) is 11.5. The van der Waals surface area contributed by atoms with Crippen LogP contribution in [-0.4, -0.2) is 0 Å². The van der Waals surface area contributed by atoms with Gasteiger partial charge in [0.15, 0.2) is 0 Å². The second-order valence-corrected chi connectivity index (χ2v) is 5.44. The summed E-state index contributed by atoms with van der Waals surface area (Å²) in [6.07, 6.45) is 6.91. The van der Waals surface area contributed by atoms with Gasteiger partial charge in [-0.1, -0.05) is 25.0 Å². The maximum Gasteiger partial charge on any atom is 0.0581 e. The van der Waals surface area contributed by atoms with E-state index in [1.54, 1.807) is 0 Å². The molecule has 94 valence electrons. The van der Waals surface area contributed by atoms with Gasteiger partial charge in [0.1, 0.15) is 0 Å². The number of rotatable bonds is 1. The lowest BCUT2D eigenvalue weighted by atomic mass is 9.73. The van der Waals surface area contributed by atoms with Gasteiger partial charge in [0, 0.05) is 29.7 Å². The normalized spacial score (nSPS) is 32.9. The predicted octanol–water partition coefficient (Wildman–Crippen LogP) is 2.88. The standard InChI is InChI=1S/C16H20N2/c1-4-12-6-5-7-13-8-15-16(9-14(12)13)18-11(3)10(2)17-15/h8-9,12-14,17-18H,4,7H2,1-3H3. The van der Waals surface area contributed by atoms with Gasteiger partial charge in [-0.15, -0.1) is 5.92 Å². The van der Waals surface area contributed by atoms with E-state index in [1.165, 1.54) is 22.8 Å². The van der Waals surface area contributed by atoms with Crippen LogP contribution >= 0.6 is 0 Å². The Morgan fingerprint density at radius 1 is 1.17 bits per heavy atom. The van der Waals surface area contributed by atoms with Crippen molar-refractivity contribution >= 4 is 0 Å². The average Bonchev–Trinajstić information content (AvgIpc) is 2.37. The van der Waals surface area contributed by atoms with E-state index in [0.29, 0.717) is 17.8 Å². The molecule has 1 aliphatic heterocycles. The minimum atomic E-state index is 0.517. The summed E-state index contributed by atoms with van der Waals surface area (Å²) in [5.74, 6) is 8.39. The van der Waals surface area contributed by atoms with Gasteiger partial charge in [0.2, 0.25) is 0 Å². The van der Waals surface area contributed by atoms with Crippen LogP contribution in [0.2, 0.25) is 0 Å². The minimum absolute atomic E-state index is 0.517. The van der Waals surface area contributed by atoms with E-state index in [-0.39, 0.29) is 0 Å². The van der Waals surface area contributed by atoms with Gasteiger partial charge in [-0.3, -0.25) is 0 Å². The van der Waals surface area contributed by atoms with E-state index in [1.807, 2.05) is 0 Å². The molecule has 0 amide bonds. The van der Waals surface area contributed by atoms with Crippen molar-refractivity contribution in [3.8, 4) is 11.8 Å². The molecule has 0 saturated carbocycles. The molecule has 2 heteroatoms. The van der Waals surface area contributed by atoms with E-state index in [0.717, 1.165) is 12.8 Å². The molecular weight excluding hydrogens is 220 g/mol. The van der Waals surface area contributed by atoms with Gasteiger partial charge >= 0.3 is 0 Å². The summed E-state index contributed by atoms with van der Waals surface area (Å²) in [6, 6.07) is 0. The number of nitrogens with one attached hydrogen (secondary N) is 2. The third-order valence-electron chi connectivity index (χ3n) is 4.26. The number of fused-ring (bicyclic) bond motifs is 2. The molecule has 0 aromatic carbocycles. The van der Waals surface area contributed by atoms with Crippen molar-refractivity contribution in [1.29, 1.82) is 0 Å². The van der Waals surface area contributed by atoms with E-state index in [2.05, 4.69) is 55.4 Å². The Hall–Kier alpha value is -1.62. The van der Waals surface area contributed by atoms with Crippen molar-refractivity contribution in [1.82, 2.24) is 10.6 Å². The lowest BCUT2D eigenvalue weighted by Gasteiger charge is -2.36. The molecule has 0 bridgehead atoms. The molecular formula is C16H20N2. The zero-order valence-electron chi connectivity index (χ0n) is 11.3. The number of hydrogen-bond donors (Lipinski definition) is 2. The van der Waals surface area contributed by atoms with Gasteiger partial charge in [0.25, 0.3) is 0 Å². The van der Waals surface area contributed by atoms with Crippen LogP contribution in [0.25, 0.3) is 0 Å². The van der Waals surface area contributed by atoms with Crippen molar-refractivity contribution in [2.24, 2.45) is 17.8 Å². The highest BCUT2D eigenvalue weighted by molar-refractivity contribution is 5.43. The predicted molar refractivity (Wildman–Crippen MR) is 74.0 cm³/mol. The zero-order valence-corrected chi connectivity index (χ0v) is 11.3. The number of allylic oxidation sites excluding steroid dienone is 4. The first-order valence-electron chi connectivity index (χ1n) is 6.83. The van der Waals surface area contributed by atoms with Crippen LogP contribution < -0.4 is 10.6 Å². The van der Waals surface area contributed by atoms with E-state index in [4.69, 9.17) is 0 Å². The summed E-state index contributed by atoms with van der Waals surface area (Å²) in [5.41, 5.74) is 4.90. The van der Waals surface area contributed by atoms with E-state index < -0.39 is 0 Å². The van der Waals surface area contributed by atoms with Crippen LogP contribution in [0.15, 0.2) is 34.9 Å². The Kier molecular flexibility index (Phi) is 2.70. The fourth-order valence-corrected chi connectivity index (χ4v) is 3.02. The molecule has 0 spiro atoms. The summed E-state index contributed by atoms with van der Waals surface area (Å²) in [7, 11) is 0. The Balaban J connectivity index is 1.96. The van der Waals surface area contributed by atoms with E-state index in [9.17, 15) is 0 Å². The molecule has 0 saturated heterocycles. The highest BCUT2D eigenvalue weighted by Crippen LogP contribution is 2.37. The first-order valence-corrected chi connectivity index (χ1v) is 6.83. The summed E-state index contributed by atoms with van der Waals surface area (Å²) in [6.45, 7) is 6.47. The van der Waals surface area contributed by atoms with Crippen molar-refractivity contribution in [3.05, 3.63) is 34.9 Å². The SMILES string of the molecule is CCC1C#CCC2C=C3NC(C)=C(C)NC3=CC12. The molecule has 3 rings (SSSR count). The van der Waals surface area contributed by atoms with Crippen molar-refractivity contribution in [2.75, 3.05) is 0 Å². The molecule has 1 heterocycles. The molecule has 0 radical (unpaired) electrons. The van der Waals surface area contributed by atoms with Gasteiger partial charge in [0.05, 0.1) is 11.4 Å². The van der Waals surface area contributed by atoms with Gasteiger partial charge in [-0.25, -0.2) is 0 Å². The minimum Gasteiger partial charge on any atom is -0.356 e. The van der Waals surface area contributed by atoms with Gasteiger partial charge in [-0.05, 0) is 26.2 Å². The molecule has 2 aliphatic carbocycles.